The van der Waals surface area contributed by atoms with E-state index in [1.165, 1.54) is 30.5 Å². The van der Waals surface area contributed by atoms with Crippen LogP contribution in [0.25, 0.3) is 0 Å². The van der Waals surface area contributed by atoms with Crippen LogP contribution >= 0.6 is 0 Å². The Morgan fingerprint density at radius 3 is 2.62 bits per heavy atom. The maximum Gasteiger partial charge on any atom is 0.277 e. The van der Waals surface area contributed by atoms with Crippen molar-refractivity contribution in [1.82, 2.24) is 5.43 Å². The van der Waals surface area contributed by atoms with Gasteiger partial charge in [-0.3, -0.25) is 14.9 Å². The second-order valence-corrected chi connectivity index (χ2v) is 4.57. The van der Waals surface area contributed by atoms with Crippen LogP contribution in [0.5, 0.6) is 11.5 Å². The number of nitrogens with zero attached hydrogens (tertiary/aromatic N) is 2. The Labute approximate surface area is 137 Å². The SMILES string of the molecule is COc1ccccc1/C=N/NC(=O)COc1ccc([N+](=O)[O-])cc1. The highest BCUT2D eigenvalue weighted by atomic mass is 16.6. The quantitative estimate of drug-likeness (QED) is 0.476. The van der Waals surface area contributed by atoms with Gasteiger partial charge in [-0.25, -0.2) is 5.43 Å². The molecule has 0 heterocycles. The first kappa shape index (κ1) is 16.9. The number of nitro groups is 1. The van der Waals surface area contributed by atoms with Crippen LogP contribution in [0.2, 0.25) is 0 Å². The van der Waals surface area contributed by atoms with Gasteiger partial charge in [0.25, 0.3) is 11.6 Å². The summed E-state index contributed by atoms with van der Waals surface area (Å²) in [5, 5.41) is 14.4. The van der Waals surface area contributed by atoms with Crippen molar-refractivity contribution < 1.29 is 19.2 Å². The number of benzene rings is 2. The van der Waals surface area contributed by atoms with Crippen molar-refractivity contribution in [1.29, 1.82) is 0 Å². The van der Waals surface area contributed by atoms with Crippen LogP contribution in [0, 0.1) is 10.1 Å². The minimum atomic E-state index is -0.511. The number of amides is 1. The number of hydrazone groups is 1. The van der Waals surface area contributed by atoms with Crippen molar-refractivity contribution in [2.24, 2.45) is 5.10 Å². The molecule has 0 aromatic heterocycles. The summed E-state index contributed by atoms with van der Waals surface area (Å²) in [6.45, 7) is -0.263. The molecule has 1 amide bonds. The lowest BCUT2D eigenvalue weighted by atomic mass is 10.2. The molecule has 0 aliphatic carbocycles. The molecule has 2 aromatic carbocycles. The number of carbonyl (C=O) groups excluding carboxylic acids is 1. The van der Waals surface area contributed by atoms with Crippen LogP contribution in [0.4, 0.5) is 5.69 Å². The van der Waals surface area contributed by atoms with Crippen molar-refractivity contribution in [3.05, 3.63) is 64.2 Å². The predicted molar refractivity (Wildman–Crippen MR) is 87.3 cm³/mol. The second kappa shape index (κ2) is 8.28. The number of nitro benzene ring substituents is 1. The molecule has 0 radical (unpaired) electrons. The maximum atomic E-state index is 11.6. The van der Waals surface area contributed by atoms with E-state index < -0.39 is 10.8 Å². The Balaban J connectivity index is 1.83. The normalized spacial score (nSPS) is 10.4. The minimum absolute atomic E-state index is 0.0480. The number of rotatable bonds is 7. The first-order chi connectivity index (χ1) is 11.6. The number of non-ortho nitro benzene ring substituents is 1. The van der Waals surface area contributed by atoms with Gasteiger partial charge in [-0.15, -0.1) is 0 Å². The van der Waals surface area contributed by atoms with Crippen LogP contribution < -0.4 is 14.9 Å². The average molecular weight is 329 g/mol. The fraction of sp³-hybridized carbons (Fsp3) is 0.125. The molecule has 0 unspecified atom stereocenters. The molecule has 0 saturated carbocycles. The molecule has 0 saturated heterocycles. The summed E-state index contributed by atoms with van der Waals surface area (Å²) < 4.78 is 10.4. The Hall–Kier alpha value is -3.42. The lowest BCUT2D eigenvalue weighted by Crippen LogP contribution is -2.24. The van der Waals surface area contributed by atoms with Crippen LogP contribution in [0.15, 0.2) is 53.6 Å². The van der Waals surface area contributed by atoms with Crippen LogP contribution in [0.1, 0.15) is 5.56 Å². The largest absolute Gasteiger partial charge is 0.496 e. The zero-order valence-corrected chi connectivity index (χ0v) is 12.8. The summed E-state index contributed by atoms with van der Waals surface area (Å²) in [5.41, 5.74) is 3.00. The van der Waals surface area contributed by atoms with Gasteiger partial charge in [0.1, 0.15) is 11.5 Å². The lowest BCUT2D eigenvalue weighted by molar-refractivity contribution is -0.384. The van der Waals surface area contributed by atoms with Gasteiger partial charge < -0.3 is 9.47 Å². The number of methoxy groups -OCH3 is 1. The molecule has 0 aliphatic heterocycles. The van der Waals surface area contributed by atoms with E-state index in [1.807, 2.05) is 12.1 Å². The van der Waals surface area contributed by atoms with E-state index in [1.54, 1.807) is 19.2 Å². The number of para-hydroxylation sites is 1. The summed E-state index contributed by atoms with van der Waals surface area (Å²) in [6.07, 6.45) is 1.46. The van der Waals surface area contributed by atoms with Gasteiger partial charge in [-0.1, -0.05) is 12.1 Å². The van der Waals surface area contributed by atoms with E-state index >= 15 is 0 Å². The van der Waals surface area contributed by atoms with E-state index in [9.17, 15) is 14.9 Å². The molecule has 124 valence electrons. The van der Waals surface area contributed by atoms with Crippen molar-refractivity contribution in [2.75, 3.05) is 13.7 Å². The topological polar surface area (TPSA) is 103 Å². The van der Waals surface area contributed by atoms with Crippen molar-refractivity contribution >= 4 is 17.8 Å². The van der Waals surface area contributed by atoms with Crippen molar-refractivity contribution in [2.45, 2.75) is 0 Å². The van der Waals surface area contributed by atoms with Crippen LogP contribution in [-0.2, 0) is 4.79 Å². The maximum absolute atomic E-state index is 11.6. The number of hydrogen-bond donors (Lipinski definition) is 1. The summed E-state index contributed by atoms with van der Waals surface area (Å²) in [4.78, 5) is 21.7. The molecule has 2 rings (SSSR count). The van der Waals surface area contributed by atoms with Gasteiger partial charge in [0.2, 0.25) is 0 Å². The van der Waals surface area contributed by atoms with E-state index in [4.69, 9.17) is 9.47 Å². The van der Waals surface area contributed by atoms with E-state index in [0.29, 0.717) is 11.5 Å². The third-order valence-corrected chi connectivity index (χ3v) is 2.95. The minimum Gasteiger partial charge on any atom is -0.496 e. The second-order valence-electron chi connectivity index (χ2n) is 4.57. The number of carbonyl (C=O) groups is 1. The standard InChI is InChI=1S/C16H15N3O5/c1-23-15-5-3-2-4-12(15)10-17-18-16(20)11-24-14-8-6-13(7-9-14)19(21)22/h2-10H,11H2,1H3,(H,18,20)/b17-10+. The third kappa shape index (κ3) is 4.80. The molecule has 8 nitrogen and oxygen atoms in total. The van der Waals surface area contributed by atoms with Crippen molar-refractivity contribution in [3.8, 4) is 11.5 Å². The molecular formula is C16H15N3O5. The lowest BCUT2D eigenvalue weighted by Gasteiger charge is -2.05. The number of ether oxygens (including phenoxy) is 2. The Bertz CT molecular complexity index is 744. The summed E-state index contributed by atoms with van der Waals surface area (Å²) in [5.74, 6) is 0.529. The summed E-state index contributed by atoms with van der Waals surface area (Å²) in [7, 11) is 1.54. The fourth-order valence-corrected chi connectivity index (χ4v) is 1.79. The smallest absolute Gasteiger partial charge is 0.277 e. The van der Waals surface area contributed by atoms with Crippen LogP contribution in [-0.4, -0.2) is 30.8 Å². The monoisotopic (exact) mass is 329 g/mol. The van der Waals surface area contributed by atoms with Gasteiger partial charge in [0.15, 0.2) is 6.61 Å². The molecule has 0 bridgehead atoms. The molecule has 0 spiro atoms. The molecule has 0 aliphatic rings. The number of hydrogen-bond acceptors (Lipinski definition) is 6. The highest BCUT2D eigenvalue weighted by molar-refractivity contribution is 5.85. The zero-order valence-electron chi connectivity index (χ0n) is 12.8. The van der Waals surface area contributed by atoms with Gasteiger partial charge in [-0.2, -0.15) is 5.10 Å². The van der Waals surface area contributed by atoms with Gasteiger partial charge in [-0.05, 0) is 24.3 Å². The Morgan fingerprint density at radius 1 is 1.25 bits per heavy atom. The third-order valence-electron chi connectivity index (χ3n) is 2.95. The van der Waals surface area contributed by atoms with Crippen molar-refractivity contribution in [3.63, 3.8) is 0 Å². The molecular weight excluding hydrogens is 314 g/mol. The van der Waals surface area contributed by atoms with E-state index in [-0.39, 0.29) is 12.3 Å². The molecule has 0 fully saturated rings. The first-order valence-corrected chi connectivity index (χ1v) is 6.92. The molecule has 8 heteroatoms. The molecule has 0 atom stereocenters. The fourth-order valence-electron chi connectivity index (χ4n) is 1.79. The molecule has 1 N–H and O–H groups in total. The summed E-state index contributed by atoms with van der Waals surface area (Å²) in [6, 6.07) is 12.7. The Morgan fingerprint density at radius 2 is 1.96 bits per heavy atom. The van der Waals surface area contributed by atoms with Gasteiger partial charge in [0, 0.05) is 17.7 Å². The zero-order chi connectivity index (χ0) is 17.4. The molecule has 2 aromatic rings. The highest BCUT2D eigenvalue weighted by Crippen LogP contribution is 2.17. The summed E-state index contributed by atoms with van der Waals surface area (Å²) >= 11 is 0. The van der Waals surface area contributed by atoms with E-state index in [0.717, 1.165) is 5.56 Å². The predicted octanol–water partition coefficient (Wildman–Crippen LogP) is 2.13. The van der Waals surface area contributed by atoms with E-state index in [2.05, 4.69) is 10.5 Å². The number of nitrogens with one attached hydrogen (secondary N) is 1. The van der Waals surface area contributed by atoms with Gasteiger partial charge >= 0.3 is 0 Å². The first-order valence-electron chi connectivity index (χ1n) is 6.92. The molecule has 24 heavy (non-hydrogen) atoms. The highest BCUT2D eigenvalue weighted by Gasteiger charge is 2.06. The van der Waals surface area contributed by atoms with Crippen LogP contribution in [0.3, 0.4) is 0 Å². The van der Waals surface area contributed by atoms with Gasteiger partial charge in [0.05, 0.1) is 18.2 Å². The Kier molecular flexibility index (Phi) is 5.84. The average Bonchev–Trinajstić information content (AvgIpc) is 2.60.